The summed E-state index contributed by atoms with van der Waals surface area (Å²) in [6.07, 6.45) is 0.655. The van der Waals surface area contributed by atoms with E-state index in [0.717, 1.165) is 5.69 Å². The Morgan fingerprint density at radius 3 is 2.91 bits per heavy atom. The molecule has 2 rings (SSSR count). The third kappa shape index (κ3) is 4.19. The summed E-state index contributed by atoms with van der Waals surface area (Å²) in [6, 6.07) is 4.79. The highest BCUT2D eigenvalue weighted by Crippen LogP contribution is 2.26. The number of hydrogen-bond acceptors (Lipinski definition) is 5. The number of sulfonamides is 1. The average Bonchev–Trinajstić information content (AvgIpc) is 2.88. The Hall–Kier alpha value is -1.15. The number of anilines is 1. The largest absolute Gasteiger partial charge is 0.381 e. The van der Waals surface area contributed by atoms with E-state index in [2.05, 4.69) is 9.71 Å². The predicted octanol–water partition coefficient (Wildman–Crippen LogP) is 3.48. The van der Waals surface area contributed by atoms with Crippen LogP contribution in [0, 0.1) is 6.92 Å². The predicted molar refractivity (Wildman–Crippen MR) is 89.3 cm³/mol. The van der Waals surface area contributed by atoms with Crippen LogP contribution in [-0.2, 0) is 21.2 Å². The molecule has 0 radical (unpaired) electrons. The van der Waals surface area contributed by atoms with E-state index in [4.69, 9.17) is 16.3 Å². The van der Waals surface area contributed by atoms with E-state index >= 15 is 0 Å². The third-order valence-corrected chi connectivity index (χ3v) is 5.82. The fraction of sp³-hybridized carbons (Fsp3) is 0.357. The van der Waals surface area contributed by atoms with Gasteiger partial charge in [0, 0.05) is 23.4 Å². The molecule has 0 unspecified atom stereocenters. The second-order valence-electron chi connectivity index (χ2n) is 4.56. The lowest BCUT2D eigenvalue weighted by molar-refractivity contribution is 0.150. The van der Waals surface area contributed by atoms with Gasteiger partial charge in [0.2, 0.25) is 0 Å². The Morgan fingerprint density at radius 1 is 1.41 bits per heavy atom. The van der Waals surface area contributed by atoms with Crippen LogP contribution in [0.2, 0.25) is 5.02 Å². The SMILES string of the molecule is CCOCCc1csc(NS(=O)(=O)c2cccc(Cl)c2C)n1. The Bertz CT molecular complexity index is 744. The van der Waals surface area contributed by atoms with Crippen LogP contribution in [0.25, 0.3) is 0 Å². The molecule has 5 nitrogen and oxygen atoms in total. The first kappa shape index (κ1) is 17.2. The summed E-state index contributed by atoms with van der Waals surface area (Å²) in [5.41, 5.74) is 1.32. The van der Waals surface area contributed by atoms with Gasteiger partial charge in [-0.1, -0.05) is 17.7 Å². The summed E-state index contributed by atoms with van der Waals surface area (Å²) in [5, 5.41) is 2.58. The average molecular weight is 361 g/mol. The van der Waals surface area contributed by atoms with Gasteiger partial charge in [-0.05, 0) is 31.5 Å². The number of nitrogens with one attached hydrogen (secondary N) is 1. The fourth-order valence-electron chi connectivity index (χ4n) is 1.84. The van der Waals surface area contributed by atoms with Crippen LogP contribution in [0.5, 0.6) is 0 Å². The van der Waals surface area contributed by atoms with Crippen LogP contribution in [0.4, 0.5) is 5.13 Å². The van der Waals surface area contributed by atoms with Gasteiger partial charge in [-0.3, -0.25) is 4.72 Å². The molecule has 2 aromatic rings. The van der Waals surface area contributed by atoms with Crippen molar-refractivity contribution in [2.45, 2.75) is 25.2 Å². The van der Waals surface area contributed by atoms with E-state index in [1.165, 1.54) is 17.4 Å². The van der Waals surface area contributed by atoms with Gasteiger partial charge >= 0.3 is 0 Å². The number of ether oxygens (including phenoxy) is 1. The summed E-state index contributed by atoms with van der Waals surface area (Å²) in [4.78, 5) is 4.42. The summed E-state index contributed by atoms with van der Waals surface area (Å²) >= 11 is 7.23. The van der Waals surface area contributed by atoms with Gasteiger partial charge in [0.05, 0.1) is 17.2 Å². The molecule has 0 aliphatic heterocycles. The molecule has 0 amide bonds. The number of rotatable bonds is 7. The summed E-state index contributed by atoms with van der Waals surface area (Å²) in [5.74, 6) is 0. The molecule has 1 heterocycles. The van der Waals surface area contributed by atoms with E-state index < -0.39 is 10.0 Å². The molecule has 22 heavy (non-hydrogen) atoms. The standard InChI is InChI=1S/C14H17ClN2O3S2/c1-3-20-8-7-11-9-21-14(16-11)17-22(18,19)13-6-4-5-12(15)10(13)2/h4-6,9H,3,7-8H2,1-2H3,(H,16,17). The molecular formula is C14H17ClN2O3S2. The van der Waals surface area contributed by atoms with Crippen molar-refractivity contribution in [1.29, 1.82) is 0 Å². The van der Waals surface area contributed by atoms with Crippen LogP contribution in [0.1, 0.15) is 18.2 Å². The van der Waals surface area contributed by atoms with E-state index in [1.807, 2.05) is 12.3 Å². The van der Waals surface area contributed by atoms with Gasteiger partial charge in [0.1, 0.15) is 0 Å². The molecular weight excluding hydrogens is 344 g/mol. The van der Waals surface area contributed by atoms with Gasteiger partial charge in [-0.2, -0.15) is 0 Å². The normalized spacial score (nSPS) is 11.6. The Morgan fingerprint density at radius 2 is 2.18 bits per heavy atom. The lowest BCUT2D eigenvalue weighted by Gasteiger charge is -2.09. The number of halogens is 1. The lowest BCUT2D eigenvalue weighted by atomic mass is 10.2. The highest BCUT2D eigenvalue weighted by molar-refractivity contribution is 7.93. The first-order valence-corrected chi connectivity index (χ1v) is 9.48. The van der Waals surface area contributed by atoms with Crippen molar-refractivity contribution < 1.29 is 13.2 Å². The maximum Gasteiger partial charge on any atom is 0.263 e. The zero-order valence-electron chi connectivity index (χ0n) is 12.3. The number of aromatic nitrogens is 1. The van der Waals surface area contributed by atoms with Crippen molar-refractivity contribution in [3.63, 3.8) is 0 Å². The quantitative estimate of drug-likeness (QED) is 0.767. The molecule has 1 aromatic carbocycles. The lowest BCUT2D eigenvalue weighted by Crippen LogP contribution is -2.14. The summed E-state index contributed by atoms with van der Waals surface area (Å²) < 4.78 is 32.6. The monoisotopic (exact) mass is 360 g/mol. The molecule has 0 aliphatic rings. The Labute approximate surface area is 139 Å². The van der Waals surface area contributed by atoms with Crippen LogP contribution >= 0.6 is 22.9 Å². The van der Waals surface area contributed by atoms with E-state index in [1.54, 1.807) is 19.1 Å². The highest BCUT2D eigenvalue weighted by Gasteiger charge is 2.19. The first-order valence-electron chi connectivity index (χ1n) is 6.74. The first-order chi connectivity index (χ1) is 10.4. The second-order valence-corrected chi connectivity index (χ2v) is 7.48. The van der Waals surface area contributed by atoms with Gasteiger partial charge < -0.3 is 4.74 Å². The smallest absolute Gasteiger partial charge is 0.263 e. The molecule has 1 N–H and O–H groups in total. The van der Waals surface area contributed by atoms with Gasteiger partial charge in [-0.25, -0.2) is 13.4 Å². The third-order valence-electron chi connectivity index (χ3n) is 2.99. The zero-order valence-corrected chi connectivity index (χ0v) is 14.7. The molecule has 0 saturated heterocycles. The molecule has 120 valence electrons. The molecule has 0 atom stereocenters. The van der Waals surface area contributed by atoms with Gasteiger partial charge in [0.15, 0.2) is 5.13 Å². The van der Waals surface area contributed by atoms with Crippen molar-refractivity contribution in [2.24, 2.45) is 0 Å². The molecule has 0 spiro atoms. The zero-order chi connectivity index (χ0) is 16.2. The van der Waals surface area contributed by atoms with Crippen LogP contribution in [0.3, 0.4) is 0 Å². The van der Waals surface area contributed by atoms with Crippen LogP contribution in [-0.4, -0.2) is 26.6 Å². The molecule has 8 heteroatoms. The van der Waals surface area contributed by atoms with E-state index in [0.29, 0.717) is 35.4 Å². The van der Waals surface area contributed by atoms with E-state index in [9.17, 15) is 8.42 Å². The minimum atomic E-state index is -3.70. The van der Waals surface area contributed by atoms with Crippen LogP contribution < -0.4 is 4.72 Å². The number of benzene rings is 1. The summed E-state index contributed by atoms with van der Waals surface area (Å²) in [7, 11) is -3.70. The molecule has 1 aromatic heterocycles. The maximum atomic E-state index is 12.4. The van der Waals surface area contributed by atoms with Crippen molar-refractivity contribution in [3.05, 3.63) is 39.9 Å². The number of thiazole rings is 1. The fourth-order valence-corrected chi connectivity index (χ4v) is 4.34. The van der Waals surface area contributed by atoms with Crippen LogP contribution in [0.15, 0.2) is 28.5 Å². The van der Waals surface area contributed by atoms with E-state index in [-0.39, 0.29) is 4.90 Å². The molecule has 0 saturated carbocycles. The molecule has 0 bridgehead atoms. The number of nitrogens with zero attached hydrogens (tertiary/aromatic N) is 1. The van der Waals surface area contributed by atoms with Crippen molar-refractivity contribution in [1.82, 2.24) is 4.98 Å². The Balaban J connectivity index is 2.14. The molecule has 0 fully saturated rings. The summed E-state index contributed by atoms with van der Waals surface area (Å²) in [6.45, 7) is 4.82. The van der Waals surface area contributed by atoms with Crippen molar-refractivity contribution in [2.75, 3.05) is 17.9 Å². The van der Waals surface area contributed by atoms with Crippen molar-refractivity contribution in [3.8, 4) is 0 Å². The topological polar surface area (TPSA) is 68.3 Å². The Kier molecular flexibility index (Phi) is 5.80. The highest BCUT2D eigenvalue weighted by atomic mass is 35.5. The van der Waals surface area contributed by atoms with Gasteiger partial charge in [0.25, 0.3) is 10.0 Å². The van der Waals surface area contributed by atoms with Crippen molar-refractivity contribution >= 4 is 38.1 Å². The molecule has 0 aliphatic carbocycles. The minimum Gasteiger partial charge on any atom is -0.381 e. The minimum absolute atomic E-state index is 0.158. The second kappa shape index (κ2) is 7.41. The number of hydrogen-bond donors (Lipinski definition) is 1. The maximum absolute atomic E-state index is 12.4. The van der Waals surface area contributed by atoms with Gasteiger partial charge in [-0.15, -0.1) is 11.3 Å².